The summed E-state index contributed by atoms with van der Waals surface area (Å²) in [7, 11) is 1.72. The van der Waals surface area contributed by atoms with Crippen molar-refractivity contribution in [3.8, 4) is 0 Å². The number of aromatic amines is 1. The molecule has 100 valence electrons. The van der Waals surface area contributed by atoms with Crippen LogP contribution in [-0.4, -0.2) is 31.9 Å². The molecule has 0 atom stereocenters. The summed E-state index contributed by atoms with van der Waals surface area (Å²) in [6.07, 6.45) is 3.11. The zero-order valence-corrected chi connectivity index (χ0v) is 10.4. The number of nitrogens with one attached hydrogen (secondary N) is 3. The van der Waals surface area contributed by atoms with Crippen molar-refractivity contribution in [2.45, 2.75) is 6.92 Å². The number of carbonyl (C=O) groups is 2. The second-order valence-corrected chi connectivity index (χ2v) is 4.03. The molecular weight excluding hydrogens is 250 g/mol. The molecule has 2 aromatic heterocycles. The third-order valence-electron chi connectivity index (χ3n) is 2.38. The van der Waals surface area contributed by atoms with Crippen LogP contribution in [0.5, 0.6) is 0 Å². The van der Waals surface area contributed by atoms with Gasteiger partial charge in [-0.1, -0.05) is 0 Å². The highest BCUT2D eigenvalue weighted by molar-refractivity contribution is 6.04. The Kier molecular flexibility index (Phi) is 3.23. The average molecular weight is 263 g/mol. The number of aryl methyl sites for hydroxylation is 2. The molecule has 2 heterocycles. The lowest BCUT2D eigenvalue weighted by Crippen LogP contribution is -2.20. The molecule has 0 saturated heterocycles. The quantitative estimate of drug-likeness (QED) is 0.670. The summed E-state index contributed by atoms with van der Waals surface area (Å²) in [5, 5.41) is 17.9. The first-order chi connectivity index (χ1) is 8.95. The van der Waals surface area contributed by atoms with Gasteiger partial charge in [-0.25, -0.2) is 9.59 Å². The van der Waals surface area contributed by atoms with E-state index in [9.17, 15) is 9.59 Å². The predicted molar refractivity (Wildman–Crippen MR) is 68.3 cm³/mol. The Balaban J connectivity index is 2.08. The molecule has 2 aromatic rings. The fourth-order valence-corrected chi connectivity index (χ4v) is 1.63. The number of carboxylic acids is 1. The molecule has 8 heteroatoms. The summed E-state index contributed by atoms with van der Waals surface area (Å²) in [5.74, 6) is -1.13. The summed E-state index contributed by atoms with van der Waals surface area (Å²) in [6, 6.07) is 1.02. The maximum atomic E-state index is 11.7. The molecule has 0 unspecified atom stereocenters. The largest absolute Gasteiger partial charge is 0.477 e. The molecule has 0 aromatic carbocycles. The Labute approximate surface area is 108 Å². The van der Waals surface area contributed by atoms with Crippen molar-refractivity contribution in [3.63, 3.8) is 0 Å². The van der Waals surface area contributed by atoms with Crippen LogP contribution in [0.15, 0.2) is 18.5 Å². The van der Waals surface area contributed by atoms with E-state index in [4.69, 9.17) is 5.11 Å². The number of H-pyrrole nitrogens is 1. The first-order valence-corrected chi connectivity index (χ1v) is 5.45. The molecule has 2 rings (SSSR count). The number of hydrogen-bond acceptors (Lipinski definition) is 3. The summed E-state index contributed by atoms with van der Waals surface area (Å²) in [5.41, 5.74) is 1.32. The van der Waals surface area contributed by atoms with Crippen LogP contribution in [0.3, 0.4) is 0 Å². The van der Waals surface area contributed by atoms with Gasteiger partial charge in [0.15, 0.2) is 0 Å². The second kappa shape index (κ2) is 4.84. The van der Waals surface area contributed by atoms with Crippen LogP contribution in [0.1, 0.15) is 16.2 Å². The summed E-state index contributed by atoms with van der Waals surface area (Å²) in [6.45, 7) is 1.71. The van der Waals surface area contributed by atoms with E-state index >= 15 is 0 Å². The zero-order chi connectivity index (χ0) is 14.0. The molecule has 0 radical (unpaired) electrons. The molecule has 4 N–H and O–H groups in total. The van der Waals surface area contributed by atoms with Gasteiger partial charge < -0.3 is 20.7 Å². The van der Waals surface area contributed by atoms with Crippen LogP contribution >= 0.6 is 0 Å². The van der Waals surface area contributed by atoms with Crippen LogP contribution in [0.25, 0.3) is 0 Å². The highest BCUT2D eigenvalue weighted by atomic mass is 16.4. The van der Waals surface area contributed by atoms with Gasteiger partial charge in [-0.05, 0) is 13.0 Å². The maximum absolute atomic E-state index is 11.7. The number of aromatic nitrogens is 3. The number of rotatable bonds is 3. The lowest BCUT2D eigenvalue weighted by Gasteiger charge is -2.04. The van der Waals surface area contributed by atoms with Gasteiger partial charge in [0.2, 0.25) is 0 Å². The van der Waals surface area contributed by atoms with Crippen LogP contribution < -0.4 is 10.6 Å². The summed E-state index contributed by atoms with van der Waals surface area (Å²) < 4.78 is 1.54. The number of urea groups is 1. The predicted octanol–water partition coefficient (Wildman–Crippen LogP) is 1.40. The van der Waals surface area contributed by atoms with E-state index in [1.54, 1.807) is 30.9 Å². The Bertz CT molecular complexity index is 628. The van der Waals surface area contributed by atoms with E-state index in [0.29, 0.717) is 11.4 Å². The molecule has 0 fully saturated rings. The number of nitrogens with zero attached hydrogens (tertiary/aromatic N) is 2. The monoisotopic (exact) mass is 263 g/mol. The van der Waals surface area contributed by atoms with Crippen molar-refractivity contribution < 1.29 is 14.7 Å². The lowest BCUT2D eigenvalue weighted by molar-refractivity contribution is 0.0692. The molecular formula is C11H13N5O3. The van der Waals surface area contributed by atoms with Gasteiger partial charge in [0, 0.05) is 18.9 Å². The third-order valence-corrected chi connectivity index (χ3v) is 2.38. The minimum absolute atomic E-state index is 0.0566. The van der Waals surface area contributed by atoms with Crippen LogP contribution in [-0.2, 0) is 7.05 Å². The normalized spacial score (nSPS) is 10.2. The van der Waals surface area contributed by atoms with Crippen molar-refractivity contribution in [1.82, 2.24) is 14.8 Å². The highest BCUT2D eigenvalue weighted by Gasteiger charge is 2.15. The van der Waals surface area contributed by atoms with Crippen molar-refractivity contribution in [1.29, 1.82) is 0 Å². The van der Waals surface area contributed by atoms with Crippen molar-refractivity contribution >= 4 is 23.4 Å². The summed E-state index contributed by atoms with van der Waals surface area (Å²) in [4.78, 5) is 25.3. The Morgan fingerprint density at radius 3 is 2.74 bits per heavy atom. The third kappa shape index (κ3) is 2.92. The van der Waals surface area contributed by atoms with E-state index in [1.807, 2.05) is 0 Å². The van der Waals surface area contributed by atoms with Gasteiger partial charge in [0.25, 0.3) is 0 Å². The minimum atomic E-state index is -1.13. The fourth-order valence-electron chi connectivity index (χ4n) is 1.63. The Hall–Kier alpha value is -2.77. The van der Waals surface area contributed by atoms with Crippen molar-refractivity contribution in [2.24, 2.45) is 7.05 Å². The first kappa shape index (κ1) is 12.7. The smallest absolute Gasteiger partial charge is 0.354 e. The SMILES string of the molecule is Cc1cc(NC(=O)Nc2cnn(C)c2)c(C(=O)O)[nH]1. The van der Waals surface area contributed by atoms with Gasteiger partial charge in [-0.2, -0.15) is 5.10 Å². The van der Waals surface area contributed by atoms with Crippen LogP contribution in [0.2, 0.25) is 0 Å². The molecule has 0 aliphatic heterocycles. The topological polar surface area (TPSA) is 112 Å². The molecule has 0 aliphatic rings. The van der Waals surface area contributed by atoms with Gasteiger partial charge in [0.1, 0.15) is 5.69 Å². The van der Waals surface area contributed by atoms with Gasteiger partial charge in [-0.3, -0.25) is 4.68 Å². The number of carboxylic acid groups (broad SMARTS) is 1. The van der Waals surface area contributed by atoms with E-state index in [1.165, 1.54) is 6.20 Å². The van der Waals surface area contributed by atoms with Gasteiger partial charge >= 0.3 is 12.0 Å². The molecule has 19 heavy (non-hydrogen) atoms. The van der Waals surface area contributed by atoms with Crippen LogP contribution in [0, 0.1) is 6.92 Å². The minimum Gasteiger partial charge on any atom is -0.477 e. The molecule has 8 nitrogen and oxygen atoms in total. The molecule has 0 saturated carbocycles. The molecule has 0 spiro atoms. The van der Waals surface area contributed by atoms with E-state index < -0.39 is 12.0 Å². The van der Waals surface area contributed by atoms with Crippen molar-refractivity contribution in [3.05, 3.63) is 29.8 Å². The van der Waals surface area contributed by atoms with Gasteiger partial charge in [-0.15, -0.1) is 0 Å². The summed E-state index contributed by atoms with van der Waals surface area (Å²) >= 11 is 0. The van der Waals surface area contributed by atoms with E-state index in [0.717, 1.165) is 0 Å². The second-order valence-electron chi connectivity index (χ2n) is 4.03. The Morgan fingerprint density at radius 2 is 2.16 bits per heavy atom. The number of anilines is 2. The number of carbonyl (C=O) groups excluding carboxylic acids is 1. The van der Waals surface area contributed by atoms with E-state index in [-0.39, 0.29) is 11.4 Å². The van der Waals surface area contributed by atoms with Crippen molar-refractivity contribution in [2.75, 3.05) is 10.6 Å². The standard InChI is InChI=1S/C11H13N5O3/c1-6-3-8(9(13-6)10(17)18)15-11(19)14-7-4-12-16(2)5-7/h3-5,13H,1-2H3,(H,17,18)(H2,14,15,19). The fraction of sp³-hybridized carbons (Fsp3) is 0.182. The van der Waals surface area contributed by atoms with Gasteiger partial charge in [0.05, 0.1) is 17.6 Å². The number of hydrogen-bond donors (Lipinski definition) is 4. The number of amides is 2. The maximum Gasteiger partial charge on any atom is 0.354 e. The molecule has 0 bridgehead atoms. The molecule has 2 amide bonds. The highest BCUT2D eigenvalue weighted by Crippen LogP contribution is 2.17. The first-order valence-electron chi connectivity index (χ1n) is 5.45. The lowest BCUT2D eigenvalue weighted by atomic mass is 10.3. The van der Waals surface area contributed by atoms with Crippen LogP contribution in [0.4, 0.5) is 16.2 Å². The van der Waals surface area contributed by atoms with E-state index in [2.05, 4.69) is 20.7 Å². The zero-order valence-electron chi connectivity index (χ0n) is 10.4. The number of aromatic carboxylic acids is 1. The Morgan fingerprint density at radius 1 is 1.42 bits per heavy atom. The average Bonchev–Trinajstić information content (AvgIpc) is 2.85. The molecule has 0 aliphatic carbocycles.